The lowest BCUT2D eigenvalue weighted by atomic mass is 9.87. The van der Waals surface area contributed by atoms with Gasteiger partial charge in [-0.05, 0) is 66.9 Å². The van der Waals surface area contributed by atoms with Crippen molar-refractivity contribution < 1.29 is 17.6 Å². The van der Waals surface area contributed by atoms with Crippen LogP contribution >= 0.6 is 23.2 Å². The molecule has 1 aliphatic rings. The fourth-order valence-electron chi connectivity index (χ4n) is 4.11. The first-order chi connectivity index (χ1) is 18.1. The first-order valence-electron chi connectivity index (χ1n) is 11.6. The summed E-state index contributed by atoms with van der Waals surface area (Å²) in [6.07, 6.45) is 4.55. The molecule has 2 amide bonds. The quantitative estimate of drug-likeness (QED) is 0.388. The van der Waals surface area contributed by atoms with Gasteiger partial charge < -0.3 is 11.1 Å². The molecular formula is C25H25Cl2FN6O3S. The van der Waals surface area contributed by atoms with E-state index in [9.17, 15) is 13.2 Å². The van der Waals surface area contributed by atoms with E-state index in [0.29, 0.717) is 57.1 Å². The molecule has 1 saturated carbocycles. The highest BCUT2D eigenvalue weighted by Crippen LogP contribution is 2.30. The molecule has 0 aliphatic heterocycles. The number of benzene rings is 2. The molecule has 2 aromatic carbocycles. The number of urea groups is 1. The average Bonchev–Trinajstić information content (AvgIpc) is 3.26. The number of amides is 2. The van der Waals surface area contributed by atoms with Crippen molar-refractivity contribution in [1.82, 2.24) is 19.8 Å². The van der Waals surface area contributed by atoms with Gasteiger partial charge in [0.15, 0.2) is 0 Å². The van der Waals surface area contributed by atoms with Crippen LogP contribution in [-0.2, 0) is 23.6 Å². The fraction of sp³-hybridized carbons (Fsp3) is 0.240. The minimum atomic E-state index is -4.19. The van der Waals surface area contributed by atoms with Crippen LogP contribution in [0.1, 0.15) is 24.8 Å². The molecule has 1 fully saturated rings. The van der Waals surface area contributed by atoms with E-state index in [1.807, 2.05) is 4.72 Å². The Kier molecular flexibility index (Phi) is 8.39. The van der Waals surface area contributed by atoms with Gasteiger partial charge in [-0.15, -0.1) is 0 Å². The van der Waals surface area contributed by atoms with E-state index >= 15 is 4.39 Å². The molecule has 0 radical (unpaired) electrons. The molecule has 3 aromatic rings. The topological polar surface area (TPSA) is 131 Å². The number of hydrogen-bond acceptors (Lipinski definition) is 6. The summed E-state index contributed by atoms with van der Waals surface area (Å²) in [5.41, 5.74) is 8.57. The molecule has 1 heterocycles. The van der Waals surface area contributed by atoms with Crippen LogP contribution in [0.3, 0.4) is 0 Å². The predicted molar refractivity (Wildman–Crippen MR) is 146 cm³/mol. The third-order valence-electron chi connectivity index (χ3n) is 6.07. The zero-order chi connectivity index (χ0) is 27.4. The number of nitrogens with two attached hydrogens (primary N) is 1. The second-order valence-corrected chi connectivity index (χ2v) is 11.1. The normalized spacial score (nSPS) is 17.7. The standard InChI is InChI=1S/C25H25Cl2FN6O3S/c1-34-23-8-7-19(9-17(23)13-32-34)38(36,37)33-25(35)31-14-22(28)20-4-2-3-15(11-29)24(20)30-12-16-5-6-18(26)10-21(16)27/h5-11,13H,2-4,12,14,29H2,1H3,(H2,31,33,35)/b15-11?,22-20-,30-24?. The first kappa shape index (κ1) is 27.6. The highest BCUT2D eigenvalue weighted by atomic mass is 35.5. The zero-order valence-corrected chi connectivity index (χ0v) is 22.7. The first-order valence-corrected chi connectivity index (χ1v) is 13.8. The summed E-state index contributed by atoms with van der Waals surface area (Å²) in [4.78, 5) is 16.8. The van der Waals surface area contributed by atoms with E-state index in [1.54, 1.807) is 36.0 Å². The van der Waals surface area contributed by atoms with Crippen molar-refractivity contribution in [2.45, 2.75) is 30.7 Å². The van der Waals surface area contributed by atoms with Crippen LogP contribution in [0.5, 0.6) is 0 Å². The van der Waals surface area contributed by atoms with Crippen LogP contribution in [0, 0.1) is 0 Å². The maximum atomic E-state index is 15.3. The SMILES string of the molecule is Cn1ncc2cc(S(=O)(=O)NC(=O)NC/C(F)=C3\CCCC(=CN)C3=NCc3ccc(Cl)cc3Cl)ccc21. The number of halogens is 3. The fourth-order valence-corrected chi connectivity index (χ4v) is 5.55. The maximum Gasteiger partial charge on any atom is 0.329 e. The smallest absolute Gasteiger partial charge is 0.329 e. The van der Waals surface area contributed by atoms with Crippen molar-refractivity contribution >= 4 is 55.9 Å². The Morgan fingerprint density at radius 3 is 2.76 bits per heavy atom. The van der Waals surface area contributed by atoms with E-state index in [1.165, 1.54) is 24.5 Å². The number of nitrogens with one attached hydrogen (secondary N) is 2. The van der Waals surface area contributed by atoms with Crippen LogP contribution in [0.4, 0.5) is 9.18 Å². The van der Waals surface area contributed by atoms with E-state index in [4.69, 9.17) is 28.9 Å². The molecule has 4 N–H and O–H groups in total. The van der Waals surface area contributed by atoms with E-state index in [0.717, 1.165) is 5.52 Å². The van der Waals surface area contributed by atoms with Gasteiger partial charge in [-0.2, -0.15) is 5.10 Å². The molecule has 0 unspecified atom stereocenters. The molecule has 1 aliphatic carbocycles. The number of nitrogens with zero attached hydrogens (tertiary/aromatic N) is 3. The molecule has 0 saturated heterocycles. The number of sulfonamides is 1. The largest absolute Gasteiger partial charge is 0.404 e. The lowest BCUT2D eigenvalue weighted by molar-refractivity contribution is 0.246. The number of allylic oxidation sites excluding steroid dienone is 2. The highest BCUT2D eigenvalue weighted by Gasteiger charge is 2.24. The van der Waals surface area contributed by atoms with E-state index in [-0.39, 0.29) is 11.4 Å². The number of aryl methyl sites for hydroxylation is 1. The van der Waals surface area contributed by atoms with Crippen molar-refractivity contribution in [2.75, 3.05) is 6.54 Å². The molecule has 4 rings (SSSR count). The molecule has 38 heavy (non-hydrogen) atoms. The summed E-state index contributed by atoms with van der Waals surface area (Å²) < 4.78 is 44.1. The Morgan fingerprint density at radius 2 is 2.03 bits per heavy atom. The van der Waals surface area contributed by atoms with Gasteiger partial charge in [0.25, 0.3) is 10.0 Å². The monoisotopic (exact) mass is 578 g/mol. The Balaban J connectivity index is 1.48. The summed E-state index contributed by atoms with van der Waals surface area (Å²) in [5, 5.41) is 7.86. The van der Waals surface area contributed by atoms with E-state index < -0.39 is 28.4 Å². The lowest BCUT2D eigenvalue weighted by Gasteiger charge is -2.21. The molecule has 9 nitrogen and oxygen atoms in total. The Bertz CT molecular complexity index is 1600. The van der Waals surface area contributed by atoms with Gasteiger partial charge in [0.2, 0.25) is 0 Å². The summed E-state index contributed by atoms with van der Waals surface area (Å²) in [5.74, 6) is -0.644. The number of rotatable bonds is 6. The number of carbonyl (C=O) groups is 1. The summed E-state index contributed by atoms with van der Waals surface area (Å²) in [6.45, 7) is -0.357. The second kappa shape index (κ2) is 11.5. The van der Waals surface area contributed by atoms with Crippen LogP contribution in [0.15, 0.2) is 75.7 Å². The third-order valence-corrected chi connectivity index (χ3v) is 7.99. The van der Waals surface area contributed by atoms with Gasteiger partial charge in [-0.3, -0.25) is 9.67 Å². The van der Waals surface area contributed by atoms with Gasteiger partial charge in [0.05, 0.1) is 35.4 Å². The number of fused-ring (bicyclic) bond motifs is 1. The minimum Gasteiger partial charge on any atom is -0.404 e. The Morgan fingerprint density at radius 1 is 1.24 bits per heavy atom. The van der Waals surface area contributed by atoms with Gasteiger partial charge >= 0.3 is 6.03 Å². The summed E-state index contributed by atoms with van der Waals surface area (Å²) >= 11 is 12.2. The molecule has 0 bridgehead atoms. The number of carbonyl (C=O) groups excluding carboxylic acids is 1. The number of aliphatic imine (C=N–C) groups is 1. The van der Waals surface area contributed by atoms with Crippen LogP contribution in [0.2, 0.25) is 10.0 Å². The molecule has 0 atom stereocenters. The van der Waals surface area contributed by atoms with Crippen molar-refractivity contribution in [3.8, 4) is 0 Å². The average molecular weight is 579 g/mol. The van der Waals surface area contributed by atoms with Gasteiger partial charge in [0, 0.05) is 28.1 Å². The number of hydrogen-bond donors (Lipinski definition) is 3. The van der Waals surface area contributed by atoms with Crippen molar-refractivity contribution in [3.05, 3.63) is 81.4 Å². The number of aromatic nitrogens is 2. The predicted octanol–water partition coefficient (Wildman–Crippen LogP) is 4.76. The second-order valence-electron chi connectivity index (χ2n) is 8.61. The summed E-state index contributed by atoms with van der Waals surface area (Å²) in [6, 6.07) is 8.31. The van der Waals surface area contributed by atoms with Crippen molar-refractivity contribution in [3.63, 3.8) is 0 Å². The minimum absolute atomic E-state index is 0.118. The molecule has 13 heteroatoms. The Hall–Kier alpha value is -3.41. The van der Waals surface area contributed by atoms with Gasteiger partial charge in [-0.25, -0.2) is 22.3 Å². The third kappa shape index (κ3) is 6.17. The molecular weight excluding hydrogens is 554 g/mol. The Labute approximate surface area is 229 Å². The van der Waals surface area contributed by atoms with Crippen molar-refractivity contribution in [1.29, 1.82) is 0 Å². The van der Waals surface area contributed by atoms with Crippen molar-refractivity contribution in [2.24, 2.45) is 17.8 Å². The maximum absolute atomic E-state index is 15.3. The van der Waals surface area contributed by atoms with E-state index in [2.05, 4.69) is 15.4 Å². The summed E-state index contributed by atoms with van der Waals surface area (Å²) in [7, 11) is -2.46. The van der Waals surface area contributed by atoms with Gasteiger partial charge in [0.1, 0.15) is 5.83 Å². The van der Waals surface area contributed by atoms with Crippen LogP contribution < -0.4 is 15.8 Å². The van der Waals surface area contributed by atoms with Gasteiger partial charge in [-0.1, -0.05) is 29.3 Å². The van der Waals surface area contributed by atoms with Crippen LogP contribution in [-0.4, -0.2) is 36.5 Å². The lowest BCUT2D eigenvalue weighted by Crippen LogP contribution is -2.40. The molecule has 1 aromatic heterocycles. The molecule has 200 valence electrons. The molecule has 0 spiro atoms. The van der Waals surface area contributed by atoms with Crippen LogP contribution in [0.25, 0.3) is 10.9 Å². The highest BCUT2D eigenvalue weighted by molar-refractivity contribution is 7.90. The zero-order valence-electron chi connectivity index (χ0n) is 20.3.